The first kappa shape index (κ1) is 29.3. The van der Waals surface area contributed by atoms with Gasteiger partial charge >= 0.3 is 17.9 Å². The van der Waals surface area contributed by atoms with Gasteiger partial charge in [0.2, 0.25) is 0 Å². The Labute approximate surface area is 240 Å². The third-order valence-corrected chi connectivity index (χ3v) is 6.54. The second-order valence-electron chi connectivity index (χ2n) is 9.66. The van der Waals surface area contributed by atoms with E-state index >= 15 is 0 Å². The molecule has 0 fully saturated rings. The fraction of sp³-hybridized carbons (Fsp3) is 0.129. The molecule has 0 aliphatic heterocycles. The van der Waals surface area contributed by atoms with Crippen molar-refractivity contribution in [3.05, 3.63) is 107 Å². The molecule has 4 rings (SSSR count). The Morgan fingerprint density at radius 2 is 1.45 bits per heavy atom. The number of nitrogens with two attached hydrogens (primary N) is 1. The summed E-state index contributed by atoms with van der Waals surface area (Å²) in [4.78, 5) is 50.0. The molecule has 42 heavy (non-hydrogen) atoms. The fourth-order valence-corrected chi connectivity index (χ4v) is 4.36. The molecule has 0 aromatic heterocycles. The molecule has 0 spiro atoms. The van der Waals surface area contributed by atoms with Crippen LogP contribution in [0.3, 0.4) is 0 Å². The zero-order chi connectivity index (χ0) is 30.4. The Kier molecular flexibility index (Phi) is 8.81. The third-order valence-electron chi connectivity index (χ3n) is 6.54. The number of aromatic carboxylic acids is 1. The normalized spacial score (nSPS) is 11.4. The first-order chi connectivity index (χ1) is 20.0. The second-order valence-corrected chi connectivity index (χ2v) is 9.66. The quantitative estimate of drug-likeness (QED) is 0.0814. The summed E-state index contributed by atoms with van der Waals surface area (Å²) >= 11 is 0. The summed E-state index contributed by atoms with van der Waals surface area (Å²) in [6, 6.07) is 22.3. The number of aliphatic carboxylic acids is 1. The van der Waals surface area contributed by atoms with Crippen LogP contribution in [0.1, 0.15) is 36.6 Å². The lowest BCUT2D eigenvalue weighted by atomic mass is 9.97. The molecule has 6 N–H and O–H groups in total. The minimum absolute atomic E-state index is 0.0480. The van der Waals surface area contributed by atoms with E-state index in [1.54, 1.807) is 72.8 Å². The number of hydrogen-bond acceptors (Lipinski definition) is 6. The number of carbonyl (C=O) groups is 4. The summed E-state index contributed by atoms with van der Waals surface area (Å²) in [7, 11) is 1.53. The van der Waals surface area contributed by atoms with Crippen LogP contribution in [0.2, 0.25) is 0 Å². The van der Waals surface area contributed by atoms with E-state index in [0.717, 1.165) is 10.8 Å². The molecular weight excluding hydrogens is 540 g/mol. The van der Waals surface area contributed by atoms with E-state index < -0.39 is 23.8 Å². The largest absolute Gasteiger partial charge is 0.481 e. The van der Waals surface area contributed by atoms with Gasteiger partial charge in [0, 0.05) is 24.8 Å². The van der Waals surface area contributed by atoms with Gasteiger partial charge in [-0.05, 0) is 83.4 Å². The minimum atomic E-state index is -1.07. The van der Waals surface area contributed by atoms with Gasteiger partial charge in [0.1, 0.15) is 5.75 Å². The number of carbonyl (C=O) groups excluding carboxylic acids is 2. The number of fused-ring (bicyclic) bond motifs is 1. The van der Waals surface area contributed by atoms with Gasteiger partial charge < -0.3 is 30.9 Å². The lowest BCUT2D eigenvalue weighted by Gasteiger charge is -2.22. The molecule has 1 amide bonds. The van der Waals surface area contributed by atoms with Crippen LogP contribution in [0.5, 0.6) is 5.75 Å². The molecule has 0 bridgehead atoms. The SMILES string of the molecule is CN(C[C@@H](Cc1ccc(C(=O)O)cc1)C(=O)O)C(=O)c1ccc2cc(OC(=O)c3ccc(NC(=N)N)cc3)ccc2c1. The van der Waals surface area contributed by atoms with Crippen molar-refractivity contribution in [3.63, 3.8) is 0 Å². The van der Waals surface area contributed by atoms with Gasteiger partial charge in [-0.2, -0.15) is 0 Å². The zero-order valence-corrected chi connectivity index (χ0v) is 22.5. The lowest BCUT2D eigenvalue weighted by molar-refractivity contribution is -0.142. The lowest BCUT2D eigenvalue weighted by Crippen LogP contribution is -2.35. The van der Waals surface area contributed by atoms with Gasteiger partial charge in [-0.25, -0.2) is 9.59 Å². The molecule has 0 unspecified atom stereocenters. The number of anilines is 1. The molecule has 4 aromatic carbocycles. The molecule has 1 atom stereocenters. The van der Waals surface area contributed by atoms with Crippen LogP contribution < -0.4 is 15.8 Å². The van der Waals surface area contributed by atoms with E-state index in [-0.39, 0.29) is 30.4 Å². The average molecular weight is 569 g/mol. The Balaban J connectivity index is 1.41. The predicted molar refractivity (Wildman–Crippen MR) is 156 cm³/mol. The van der Waals surface area contributed by atoms with Gasteiger partial charge in [-0.1, -0.05) is 24.3 Å². The number of nitrogens with one attached hydrogen (secondary N) is 2. The Morgan fingerprint density at radius 1 is 0.857 bits per heavy atom. The van der Waals surface area contributed by atoms with Crippen LogP contribution in [0.25, 0.3) is 10.8 Å². The number of esters is 1. The summed E-state index contributed by atoms with van der Waals surface area (Å²) in [6.45, 7) is -0.0480. The maximum Gasteiger partial charge on any atom is 0.343 e. The van der Waals surface area contributed by atoms with Crippen molar-refractivity contribution in [3.8, 4) is 5.75 Å². The Bertz CT molecular complexity index is 1670. The molecule has 0 saturated carbocycles. The molecule has 214 valence electrons. The molecule has 0 radical (unpaired) electrons. The minimum Gasteiger partial charge on any atom is -0.481 e. The van der Waals surface area contributed by atoms with E-state index in [9.17, 15) is 24.3 Å². The first-order valence-electron chi connectivity index (χ1n) is 12.8. The van der Waals surface area contributed by atoms with E-state index in [0.29, 0.717) is 28.1 Å². The first-order valence-corrected chi connectivity index (χ1v) is 12.8. The van der Waals surface area contributed by atoms with Crippen LogP contribution in [-0.2, 0) is 11.2 Å². The predicted octanol–water partition coefficient (Wildman–Crippen LogP) is 4.08. The van der Waals surface area contributed by atoms with Crippen LogP contribution in [0.15, 0.2) is 84.9 Å². The smallest absolute Gasteiger partial charge is 0.343 e. The third kappa shape index (κ3) is 7.27. The monoisotopic (exact) mass is 568 g/mol. The van der Waals surface area contributed by atoms with Crippen molar-refractivity contribution in [1.82, 2.24) is 4.90 Å². The molecule has 0 heterocycles. The highest BCUT2D eigenvalue weighted by Crippen LogP contribution is 2.24. The number of nitrogens with zero attached hydrogens (tertiary/aromatic N) is 1. The number of hydrogen-bond donors (Lipinski definition) is 5. The molecular formula is C31H28N4O7. The van der Waals surface area contributed by atoms with Crippen LogP contribution in [-0.4, -0.2) is 58.5 Å². The standard InChI is InChI=1S/C31H28N4O7/c1-35(17-24(29(39)40)14-18-2-4-19(5-3-18)28(37)38)27(36)23-7-6-22-16-26(13-10-21(22)15-23)42-30(41)20-8-11-25(12-9-20)34-31(32)33/h2-13,15-16,24H,14,17H2,1H3,(H,37,38)(H,39,40)(H4,32,33,34)/t24-/m1/s1. The van der Waals surface area contributed by atoms with Crippen molar-refractivity contribution in [2.24, 2.45) is 11.7 Å². The second kappa shape index (κ2) is 12.6. The van der Waals surface area contributed by atoms with Crippen molar-refractivity contribution >= 4 is 46.2 Å². The number of carboxylic acids is 2. The maximum atomic E-state index is 13.1. The summed E-state index contributed by atoms with van der Waals surface area (Å²) < 4.78 is 5.49. The van der Waals surface area contributed by atoms with E-state index in [2.05, 4.69) is 5.32 Å². The maximum absolute atomic E-state index is 13.1. The van der Waals surface area contributed by atoms with E-state index in [1.807, 2.05) is 0 Å². The highest BCUT2D eigenvalue weighted by atomic mass is 16.5. The highest BCUT2D eigenvalue weighted by molar-refractivity contribution is 5.99. The van der Waals surface area contributed by atoms with Crippen LogP contribution >= 0.6 is 0 Å². The molecule has 11 heteroatoms. The number of benzene rings is 4. The molecule has 4 aromatic rings. The summed E-state index contributed by atoms with van der Waals surface area (Å²) in [5.41, 5.74) is 7.29. The van der Waals surface area contributed by atoms with Gasteiger partial charge in [0.15, 0.2) is 5.96 Å². The van der Waals surface area contributed by atoms with Crippen molar-refractivity contribution in [2.75, 3.05) is 18.9 Å². The number of ether oxygens (including phenoxy) is 1. The molecule has 0 aliphatic rings. The van der Waals surface area contributed by atoms with Crippen molar-refractivity contribution in [1.29, 1.82) is 5.41 Å². The summed E-state index contributed by atoms with van der Waals surface area (Å²) in [6.07, 6.45) is 0.130. The molecule has 0 aliphatic carbocycles. The Morgan fingerprint density at radius 3 is 2.07 bits per heavy atom. The molecule has 11 nitrogen and oxygen atoms in total. The van der Waals surface area contributed by atoms with Gasteiger partial charge in [0.05, 0.1) is 17.0 Å². The zero-order valence-electron chi connectivity index (χ0n) is 22.5. The molecule has 0 saturated heterocycles. The Hall–Kier alpha value is -5.71. The number of guanidine groups is 1. The number of carboxylic acid groups (broad SMARTS) is 2. The fourth-order valence-electron chi connectivity index (χ4n) is 4.36. The van der Waals surface area contributed by atoms with E-state index in [1.165, 1.54) is 24.1 Å². The van der Waals surface area contributed by atoms with E-state index in [4.69, 9.17) is 21.0 Å². The average Bonchev–Trinajstić information content (AvgIpc) is 2.96. The number of rotatable bonds is 10. The van der Waals surface area contributed by atoms with Crippen molar-refractivity contribution in [2.45, 2.75) is 6.42 Å². The summed E-state index contributed by atoms with van der Waals surface area (Å²) in [5, 5.41) is 30.1. The van der Waals surface area contributed by atoms with Gasteiger partial charge in [-0.3, -0.25) is 15.0 Å². The van der Waals surface area contributed by atoms with Crippen molar-refractivity contribution < 1.29 is 34.1 Å². The van der Waals surface area contributed by atoms with Gasteiger partial charge in [0.25, 0.3) is 5.91 Å². The van der Waals surface area contributed by atoms with Crippen LogP contribution in [0, 0.1) is 11.3 Å². The summed E-state index contributed by atoms with van der Waals surface area (Å²) in [5.74, 6) is -3.86. The van der Waals surface area contributed by atoms with Crippen LogP contribution in [0.4, 0.5) is 5.69 Å². The highest BCUT2D eigenvalue weighted by Gasteiger charge is 2.23. The van der Waals surface area contributed by atoms with Gasteiger partial charge in [-0.15, -0.1) is 0 Å². The topological polar surface area (TPSA) is 183 Å². The number of amides is 1.